The third-order valence-corrected chi connectivity index (χ3v) is 3.08. The first kappa shape index (κ1) is 15.6. The summed E-state index contributed by atoms with van der Waals surface area (Å²) in [5.41, 5.74) is 0. The third kappa shape index (κ3) is 4.27. The smallest absolute Gasteiger partial charge is 0.400 e. The Labute approximate surface area is 112 Å². The van der Waals surface area contributed by atoms with Crippen LogP contribution < -0.4 is 0 Å². The van der Waals surface area contributed by atoms with Crippen molar-refractivity contribution in [2.24, 2.45) is 0 Å². The lowest BCUT2D eigenvalue weighted by molar-refractivity contribution is -0.175. The van der Waals surface area contributed by atoms with Crippen LogP contribution in [0, 0.1) is 5.82 Å². The highest BCUT2D eigenvalue weighted by Gasteiger charge is 2.48. The molecule has 0 aliphatic heterocycles. The number of ketones is 1. The van der Waals surface area contributed by atoms with Gasteiger partial charge in [0.1, 0.15) is 5.82 Å². The van der Waals surface area contributed by atoms with Crippen molar-refractivity contribution >= 4 is 23.5 Å². The first-order valence-corrected chi connectivity index (χ1v) is 6.33. The normalized spacial score (nSPS) is 11.2. The molecule has 0 atom stereocenters. The minimum atomic E-state index is -4.15. The molecule has 1 aromatic carbocycles. The molecule has 0 aromatic heterocycles. The first-order valence-electron chi connectivity index (χ1n) is 5.34. The number of Topliss-reactive ketones (excluding diaryl/α,β-unsaturated/α-hetero) is 1. The highest BCUT2D eigenvalue weighted by Crippen LogP contribution is 2.24. The predicted molar refractivity (Wildman–Crippen MR) is 63.7 cm³/mol. The van der Waals surface area contributed by atoms with Gasteiger partial charge in [0, 0.05) is 4.90 Å². The molecule has 0 saturated heterocycles. The molecule has 0 N–H and O–H groups in total. The van der Waals surface area contributed by atoms with E-state index >= 15 is 0 Å². The van der Waals surface area contributed by atoms with Gasteiger partial charge >= 0.3 is 11.9 Å². The van der Waals surface area contributed by atoms with Crippen molar-refractivity contribution < 1.29 is 27.5 Å². The molecule has 19 heavy (non-hydrogen) atoms. The second-order valence-electron chi connectivity index (χ2n) is 3.46. The van der Waals surface area contributed by atoms with Crippen LogP contribution in [0.2, 0.25) is 0 Å². The molecule has 0 spiro atoms. The number of carbonyl (C=O) groups excluding carboxylic acids is 2. The molecule has 7 heteroatoms. The molecule has 1 aromatic rings. The summed E-state index contributed by atoms with van der Waals surface area (Å²) in [7, 11) is 0. The maximum Gasteiger partial charge on any atom is 0.400 e. The number of ether oxygens (including phenoxy) is 1. The van der Waals surface area contributed by atoms with Gasteiger partial charge in [0.25, 0.3) is 0 Å². The van der Waals surface area contributed by atoms with Crippen LogP contribution in [-0.4, -0.2) is 30.0 Å². The van der Waals surface area contributed by atoms with Crippen LogP contribution >= 0.6 is 11.8 Å². The Kier molecular flexibility index (Phi) is 5.41. The molecule has 3 nitrogen and oxygen atoms in total. The van der Waals surface area contributed by atoms with E-state index < -0.39 is 29.2 Å². The van der Waals surface area contributed by atoms with Crippen LogP contribution in [0.3, 0.4) is 0 Å². The van der Waals surface area contributed by atoms with Gasteiger partial charge in [-0.05, 0) is 31.2 Å². The predicted octanol–water partition coefficient (Wildman–Crippen LogP) is 2.69. The number of rotatable bonds is 6. The number of alkyl halides is 2. The number of hydrogen-bond acceptors (Lipinski definition) is 4. The summed E-state index contributed by atoms with van der Waals surface area (Å²) in [5, 5.41) is 0. The number of carbonyl (C=O) groups is 2. The summed E-state index contributed by atoms with van der Waals surface area (Å²) in [6.07, 6.45) is 0. The Hall–Kier alpha value is -1.50. The summed E-state index contributed by atoms with van der Waals surface area (Å²) >= 11 is 0.796. The van der Waals surface area contributed by atoms with Crippen molar-refractivity contribution in [2.75, 3.05) is 12.4 Å². The molecule has 0 amide bonds. The van der Waals surface area contributed by atoms with Crippen LogP contribution in [0.4, 0.5) is 13.2 Å². The summed E-state index contributed by atoms with van der Waals surface area (Å²) in [6.45, 7) is 1.14. The topological polar surface area (TPSA) is 43.4 Å². The molecular formula is C12H11F3O3S. The average Bonchev–Trinajstić information content (AvgIpc) is 2.37. The lowest BCUT2D eigenvalue weighted by Crippen LogP contribution is -2.40. The van der Waals surface area contributed by atoms with E-state index in [2.05, 4.69) is 4.74 Å². The van der Waals surface area contributed by atoms with Gasteiger partial charge in [-0.15, -0.1) is 11.8 Å². The minimum absolute atomic E-state index is 0.229. The van der Waals surface area contributed by atoms with Crippen molar-refractivity contribution in [3.63, 3.8) is 0 Å². The molecular weight excluding hydrogens is 281 g/mol. The maximum absolute atomic E-state index is 13.3. The molecule has 0 fully saturated rings. The second-order valence-corrected chi connectivity index (χ2v) is 4.51. The zero-order valence-electron chi connectivity index (χ0n) is 9.99. The highest BCUT2D eigenvalue weighted by atomic mass is 32.2. The standard InChI is InChI=1S/C12H11F3O3S/c1-2-18-11(17)12(14,15)10(16)7-19-9-5-3-8(13)4-6-9/h3-6H,2,7H2,1H3. The lowest BCUT2D eigenvalue weighted by atomic mass is 10.2. The Bertz CT molecular complexity index is 460. The van der Waals surface area contributed by atoms with Crippen molar-refractivity contribution in [2.45, 2.75) is 17.7 Å². The number of thioether (sulfide) groups is 1. The molecule has 0 bridgehead atoms. The summed E-state index contributed by atoms with van der Waals surface area (Å²) < 4.78 is 43.3. The number of halogens is 3. The molecule has 0 unspecified atom stereocenters. The number of benzene rings is 1. The van der Waals surface area contributed by atoms with Crippen LogP contribution in [0.1, 0.15) is 6.92 Å². The van der Waals surface area contributed by atoms with E-state index in [0.717, 1.165) is 23.9 Å². The zero-order valence-corrected chi connectivity index (χ0v) is 10.8. The SMILES string of the molecule is CCOC(=O)C(F)(F)C(=O)CSc1ccc(F)cc1. The van der Waals surface area contributed by atoms with Crippen molar-refractivity contribution in [3.05, 3.63) is 30.1 Å². The van der Waals surface area contributed by atoms with E-state index in [0.29, 0.717) is 4.90 Å². The van der Waals surface area contributed by atoms with Gasteiger partial charge in [0.15, 0.2) is 0 Å². The van der Waals surface area contributed by atoms with Crippen molar-refractivity contribution in [1.82, 2.24) is 0 Å². The van der Waals surface area contributed by atoms with Crippen LogP contribution in [0.25, 0.3) is 0 Å². The monoisotopic (exact) mass is 292 g/mol. The van der Waals surface area contributed by atoms with Gasteiger partial charge in [-0.2, -0.15) is 8.78 Å². The van der Waals surface area contributed by atoms with E-state index in [-0.39, 0.29) is 6.61 Å². The molecule has 104 valence electrons. The largest absolute Gasteiger partial charge is 0.461 e. The average molecular weight is 292 g/mol. The lowest BCUT2D eigenvalue weighted by Gasteiger charge is -2.12. The Morgan fingerprint density at radius 2 is 1.84 bits per heavy atom. The van der Waals surface area contributed by atoms with Crippen molar-refractivity contribution in [1.29, 1.82) is 0 Å². The minimum Gasteiger partial charge on any atom is -0.461 e. The van der Waals surface area contributed by atoms with E-state index in [4.69, 9.17) is 0 Å². The number of esters is 1. The fourth-order valence-electron chi connectivity index (χ4n) is 1.11. The van der Waals surface area contributed by atoms with Gasteiger partial charge < -0.3 is 4.74 Å². The Balaban J connectivity index is 2.59. The van der Waals surface area contributed by atoms with Crippen LogP contribution in [-0.2, 0) is 14.3 Å². The molecule has 1 rings (SSSR count). The van der Waals surface area contributed by atoms with Crippen LogP contribution in [0.5, 0.6) is 0 Å². The quantitative estimate of drug-likeness (QED) is 0.459. The first-order chi connectivity index (χ1) is 8.87. The van der Waals surface area contributed by atoms with Gasteiger partial charge in [-0.1, -0.05) is 0 Å². The van der Waals surface area contributed by atoms with Gasteiger partial charge in [-0.3, -0.25) is 4.79 Å². The molecule has 0 radical (unpaired) electrons. The Morgan fingerprint density at radius 1 is 1.26 bits per heavy atom. The van der Waals surface area contributed by atoms with Gasteiger partial charge in [0.05, 0.1) is 12.4 Å². The third-order valence-electron chi connectivity index (χ3n) is 2.07. The number of hydrogen-bond donors (Lipinski definition) is 0. The Morgan fingerprint density at radius 3 is 2.37 bits per heavy atom. The summed E-state index contributed by atoms with van der Waals surface area (Å²) in [5.74, 6) is -8.60. The zero-order chi connectivity index (χ0) is 14.5. The summed E-state index contributed by atoms with van der Waals surface area (Å²) in [6, 6.07) is 5.01. The van der Waals surface area contributed by atoms with E-state index in [1.54, 1.807) is 0 Å². The second kappa shape index (κ2) is 6.60. The van der Waals surface area contributed by atoms with E-state index in [1.165, 1.54) is 19.1 Å². The molecule has 0 aliphatic rings. The molecule has 0 aliphatic carbocycles. The molecule has 0 saturated carbocycles. The summed E-state index contributed by atoms with van der Waals surface area (Å²) in [4.78, 5) is 22.6. The van der Waals surface area contributed by atoms with Crippen LogP contribution in [0.15, 0.2) is 29.2 Å². The van der Waals surface area contributed by atoms with Crippen molar-refractivity contribution in [3.8, 4) is 0 Å². The fourth-order valence-corrected chi connectivity index (χ4v) is 1.91. The molecule has 0 heterocycles. The highest BCUT2D eigenvalue weighted by molar-refractivity contribution is 8.00. The van der Waals surface area contributed by atoms with Gasteiger partial charge in [-0.25, -0.2) is 9.18 Å². The fraction of sp³-hybridized carbons (Fsp3) is 0.333. The van der Waals surface area contributed by atoms with Gasteiger partial charge in [0.2, 0.25) is 5.78 Å². The van der Waals surface area contributed by atoms with E-state index in [9.17, 15) is 22.8 Å². The maximum atomic E-state index is 13.3. The van der Waals surface area contributed by atoms with E-state index in [1.807, 2.05) is 0 Å².